The Bertz CT molecular complexity index is 927. The maximum atomic E-state index is 9.77. The van der Waals surface area contributed by atoms with Crippen molar-refractivity contribution in [2.45, 2.75) is 26.8 Å². The maximum Gasteiger partial charge on any atom is 0.225 e. The van der Waals surface area contributed by atoms with E-state index in [4.69, 9.17) is 0 Å². The lowest BCUT2D eigenvalue weighted by Gasteiger charge is -2.20. The van der Waals surface area contributed by atoms with Crippen molar-refractivity contribution in [2.24, 2.45) is 0 Å². The Balaban J connectivity index is 2.07. The highest BCUT2D eigenvalue weighted by molar-refractivity contribution is 8.06. The molecule has 1 aliphatic heterocycles. The van der Waals surface area contributed by atoms with E-state index >= 15 is 0 Å². The van der Waals surface area contributed by atoms with E-state index in [-0.39, 0.29) is 6.04 Å². The van der Waals surface area contributed by atoms with Crippen molar-refractivity contribution >= 4 is 34.8 Å². The molecule has 0 radical (unpaired) electrons. The van der Waals surface area contributed by atoms with Crippen molar-refractivity contribution in [1.82, 2.24) is 15.3 Å². The van der Waals surface area contributed by atoms with Crippen LogP contribution in [-0.2, 0) is 0 Å². The van der Waals surface area contributed by atoms with Crippen LogP contribution in [0.2, 0.25) is 0 Å². The molecule has 2 N–H and O–H groups in total. The lowest BCUT2D eigenvalue weighted by Crippen LogP contribution is -2.17. The summed E-state index contributed by atoms with van der Waals surface area (Å²) in [4.78, 5) is 11.2. The highest BCUT2D eigenvalue weighted by Gasteiger charge is 2.19. The number of nitrogens with zero attached hydrogens (tertiary/aromatic N) is 4. The van der Waals surface area contributed by atoms with Gasteiger partial charge in [0, 0.05) is 30.5 Å². The van der Waals surface area contributed by atoms with Crippen LogP contribution in [0.3, 0.4) is 0 Å². The number of anilines is 3. The number of benzene rings is 1. The van der Waals surface area contributed by atoms with Gasteiger partial charge >= 0.3 is 0 Å². The predicted molar refractivity (Wildman–Crippen MR) is 112 cm³/mol. The second-order valence-corrected chi connectivity index (χ2v) is 7.37. The molecule has 0 bridgehead atoms. The van der Waals surface area contributed by atoms with Crippen LogP contribution in [0.15, 0.2) is 52.5 Å². The predicted octanol–water partition coefficient (Wildman–Crippen LogP) is 4.45. The molecule has 0 atom stereocenters. The quantitative estimate of drug-likeness (QED) is 0.744. The van der Waals surface area contributed by atoms with Crippen LogP contribution in [0.25, 0.3) is 5.57 Å². The number of hydrogen-bond acceptors (Lipinski definition) is 7. The van der Waals surface area contributed by atoms with Gasteiger partial charge in [0.05, 0.1) is 10.7 Å². The van der Waals surface area contributed by atoms with Gasteiger partial charge in [-0.3, -0.25) is 0 Å². The molecule has 0 amide bonds. The maximum absolute atomic E-state index is 9.77. The first-order valence-electron chi connectivity index (χ1n) is 8.67. The molecule has 1 aromatic heterocycles. The van der Waals surface area contributed by atoms with E-state index in [0.29, 0.717) is 17.2 Å². The summed E-state index contributed by atoms with van der Waals surface area (Å²) in [5, 5.41) is 19.0. The largest absolute Gasteiger partial charge is 0.352 e. The molecule has 7 heteroatoms. The zero-order valence-electron chi connectivity index (χ0n) is 15.8. The van der Waals surface area contributed by atoms with Crippen LogP contribution in [0.4, 0.5) is 17.5 Å². The Labute approximate surface area is 164 Å². The molecule has 0 spiro atoms. The van der Waals surface area contributed by atoms with E-state index in [2.05, 4.69) is 26.7 Å². The van der Waals surface area contributed by atoms with E-state index < -0.39 is 0 Å². The van der Waals surface area contributed by atoms with Gasteiger partial charge in [-0.2, -0.15) is 10.2 Å². The third kappa shape index (κ3) is 4.41. The van der Waals surface area contributed by atoms with Crippen molar-refractivity contribution in [3.63, 3.8) is 0 Å². The van der Waals surface area contributed by atoms with Crippen LogP contribution in [0, 0.1) is 11.3 Å². The summed E-state index contributed by atoms with van der Waals surface area (Å²) in [7, 11) is 1.95. The van der Waals surface area contributed by atoms with Crippen molar-refractivity contribution in [2.75, 3.05) is 17.3 Å². The molecule has 0 aliphatic carbocycles. The van der Waals surface area contributed by atoms with Gasteiger partial charge in [0.2, 0.25) is 5.95 Å². The number of hydrogen-bond donors (Lipinski definition) is 2. The number of para-hydroxylation sites is 1. The summed E-state index contributed by atoms with van der Waals surface area (Å²) < 4.78 is 0. The van der Waals surface area contributed by atoms with Gasteiger partial charge in [0.1, 0.15) is 17.5 Å². The molecule has 1 aliphatic rings. The Kier molecular flexibility index (Phi) is 5.67. The molecular weight excluding hydrogens is 356 g/mol. The average molecular weight is 379 g/mol. The van der Waals surface area contributed by atoms with Crippen LogP contribution >= 0.6 is 11.8 Å². The Hall–Kier alpha value is -2.98. The lowest BCUT2D eigenvalue weighted by molar-refractivity contribution is 0.871. The summed E-state index contributed by atoms with van der Waals surface area (Å²) in [6, 6.07) is 14.3. The van der Waals surface area contributed by atoms with Gasteiger partial charge in [0.25, 0.3) is 0 Å². The number of nitrogens with one attached hydrogen (secondary N) is 2. The molecule has 0 unspecified atom stereocenters. The van der Waals surface area contributed by atoms with E-state index in [1.165, 1.54) is 11.8 Å². The van der Waals surface area contributed by atoms with E-state index in [1.807, 2.05) is 74.5 Å². The standard InChI is InChI=1S/C20H22N6S/c1-13(2)22-20-24-17(16(11-21)19-23-14(3)12-27-19)10-18(25-20)26(4)15-8-6-5-7-9-15/h5-10,12-13,23H,1-4H3,(H,22,24,25). The van der Waals surface area contributed by atoms with Gasteiger partial charge in [-0.15, -0.1) is 0 Å². The number of aromatic nitrogens is 2. The monoisotopic (exact) mass is 378 g/mol. The third-order valence-corrected chi connectivity index (χ3v) is 4.89. The topological polar surface area (TPSA) is 76.9 Å². The summed E-state index contributed by atoms with van der Waals surface area (Å²) in [5.41, 5.74) is 3.12. The summed E-state index contributed by atoms with van der Waals surface area (Å²) in [5.74, 6) is 1.22. The van der Waals surface area contributed by atoms with Crippen molar-refractivity contribution in [3.8, 4) is 6.07 Å². The van der Waals surface area contributed by atoms with Crippen LogP contribution in [0.1, 0.15) is 26.5 Å². The SMILES string of the molecule is CC1=CSC(=C(C#N)c2cc(N(C)c3ccccc3)nc(NC(C)C)n2)N1. The zero-order valence-corrected chi connectivity index (χ0v) is 16.6. The zero-order chi connectivity index (χ0) is 19.4. The van der Waals surface area contributed by atoms with E-state index in [9.17, 15) is 5.26 Å². The van der Waals surface area contributed by atoms with Gasteiger partial charge in [0.15, 0.2) is 0 Å². The second kappa shape index (κ2) is 8.14. The number of thioether (sulfide) groups is 1. The summed E-state index contributed by atoms with van der Waals surface area (Å²) in [6.45, 7) is 6.03. The Morgan fingerprint density at radius 1 is 1.26 bits per heavy atom. The van der Waals surface area contributed by atoms with Gasteiger partial charge in [-0.05, 0) is 38.3 Å². The minimum Gasteiger partial charge on any atom is -0.352 e. The first-order chi connectivity index (χ1) is 13.0. The normalized spacial score (nSPS) is 15.0. The molecule has 6 nitrogen and oxygen atoms in total. The molecule has 0 saturated heterocycles. The molecule has 0 saturated carbocycles. The molecular formula is C20H22N6S. The van der Waals surface area contributed by atoms with Gasteiger partial charge < -0.3 is 15.5 Å². The highest BCUT2D eigenvalue weighted by atomic mass is 32.2. The number of allylic oxidation sites excluding steroid dienone is 2. The minimum atomic E-state index is 0.177. The summed E-state index contributed by atoms with van der Waals surface area (Å²) in [6.07, 6.45) is 0. The molecule has 138 valence electrons. The van der Waals surface area contributed by atoms with Crippen LogP contribution in [-0.4, -0.2) is 23.1 Å². The average Bonchev–Trinajstić information content (AvgIpc) is 3.07. The smallest absolute Gasteiger partial charge is 0.225 e. The van der Waals surface area contributed by atoms with Gasteiger partial charge in [-0.25, -0.2) is 4.98 Å². The van der Waals surface area contributed by atoms with Crippen molar-refractivity contribution < 1.29 is 0 Å². The molecule has 0 fully saturated rings. The van der Waals surface area contributed by atoms with Gasteiger partial charge in [-0.1, -0.05) is 30.0 Å². The fourth-order valence-electron chi connectivity index (χ4n) is 2.57. The molecule has 2 heterocycles. The third-order valence-electron chi connectivity index (χ3n) is 3.88. The Morgan fingerprint density at radius 3 is 2.59 bits per heavy atom. The highest BCUT2D eigenvalue weighted by Crippen LogP contribution is 2.32. The fourth-order valence-corrected chi connectivity index (χ4v) is 3.41. The lowest BCUT2D eigenvalue weighted by atomic mass is 10.2. The second-order valence-electron chi connectivity index (χ2n) is 6.49. The Morgan fingerprint density at radius 2 is 2.00 bits per heavy atom. The van der Waals surface area contributed by atoms with Crippen molar-refractivity contribution in [3.05, 3.63) is 58.2 Å². The number of nitriles is 1. The first-order valence-corrected chi connectivity index (χ1v) is 9.55. The first kappa shape index (κ1) is 18.8. The molecule has 1 aromatic carbocycles. The minimum absolute atomic E-state index is 0.177. The van der Waals surface area contributed by atoms with E-state index in [0.717, 1.165) is 22.2 Å². The fraction of sp³-hybridized carbons (Fsp3) is 0.250. The number of rotatable bonds is 5. The van der Waals surface area contributed by atoms with Crippen LogP contribution < -0.4 is 15.5 Å². The van der Waals surface area contributed by atoms with E-state index in [1.54, 1.807) is 0 Å². The van der Waals surface area contributed by atoms with Crippen molar-refractivity contribution in [1.29, 1.82) is 5.26 Å². The molecule has 3 rings (SSSR count). The van der Waals surface area contributed by atoms with Crippen LogP contribution in [0.5, 0.6) is 0 Å². The summed E-state index contributed by atoms with van der Waals surface area (Å²) >= 11 is 1.50. The molecule has 27 heavy (non-hydrogen) atoms. The molecule has 2 aromatic rings.